The number of aromatic amines is 1. The summed E-state index contributed by atoms with van der Waals surface area (Å²) in [7, 11) is 0. The van der Waals surface area contributed by atoms with Gasteiger partial charge in [-0.25, -0.2) is 0 Å². The van der Waals surface area contributed by atoms with E-state index in [0.717, 1.165) is 18.8 Å². The lowest BCUT2D eigenvalue weighted by Crippen LogP contribution is -2.37. The van der Waals surface area contributed by atoms with E-state index in [9.17, 15) is 4.79 Å². The number of amides is 1. The molecule has 2 heterocycles. The number of carbonyl (C=O) groups excluding carboxylic acids is 1. The molecule has 0 radical (unpaired) electrons. The van der Waals surface area contributed by atoms with Crippen LogP contribution in [0.3, 0.4) is 0 Å². The van der Waals surface area contributed by atoms with E-state index in [2.05, 4.69) is 25.6 Å². The van der Waals surface area contributed by atoms with Crippen LogP contribution in [-0.2, 0) is 9.53 Å². The molecule has 1 amide bonds. The number of nitrogens with zero attached hydrogens (tertiary/aromatic N) is 3. The van der Waals surface area contributed by atoms with Crippen molar-refractivity contribution in [1.29, 1.82) is 0 Å². The number of aromatic nitrogens is 3. The average molecular weight is 354 g/mol. The normalized spacial score (nSPS) is 14.7. The van der Waals surface area contributed by atoms with E-state index in [4.69, 9.17) is 16.3 Å². The highest BCUT2D eigenvalue weighted by atomic mass is 35.5. The molecular formula is C14H16ClN5O2S. The van der Waals surface area contributed by atoms with Gasteiger partial charge < -0.3 is 15.0 Å². The van der Waals surface area contributed by atoms with Crippen LogP contribution in [0.5, 0.6) is 0 Å². The molecule has 0 saturated carbocycles. The van der Waals surface area contributed by atoms with Crippen molar-refractivity contribution in [1.82, 2.24) is 15.4 Å². The molecule has 23 heavy (non-hydrogen) atoms. The SMILES string of the molecule is O=C(CSc1cn[nH]n1)Nc1cccc(Cl)c1N1CCOCC1. The van der Waals surface area contributed by atoms with Crippen molar-refractivity contribution in [2.24, 2.45) is 0 Å². The van der Waals surface area contributed by atoms with Crippen molar-refractivity contribution in [3.8, 4) is 0 Å². The highest BCUT2D eigenvalue weighted by Gasteiger charge is 2.19. The van der Waals surface area contributed by atoms with Crippen LogP contribution in [0.4, 0.5) is 11.4 Å². The van der Waals surface area contributed by atoms with Gasteiger partial charge in [0.15, 0.2) is 0 Å². The summed E-state index contributed by atoms with van der Waals surface area (Å²) in [4.78, 5) is 14.3. The van der Waals surface area contributed by atoms with E-state index in [0.29, 0.717) is 28.9 Å². The van der Waals surface area contributed by atoms with Gasteiger partial charge in [-0.15, -0.1) is 5.10 Å². The van der Waals surface area contributed by atoms with Crippen LogP contribution in [0.15, 0.2) is 29.4 Å². The molecule has 1 aliphatic heterocycles. The van der Waals surface area contributed by atoms with Gasteiger partial charge in [0, 0.05) is 13.1 Å². The molecule has 0 unspecified atom stereocenters. The summed E-state index contributed by atoms with van der Waals surface area (Å²) in [6.07, 6.45) is 1.58. The van der Waals surface area contributed by atoms with Crippen LogP contribution < -0.4 is 10.2 Å². The zero-order chi connectivity index (χ0) is 16.1. The summed E-state index contributed by atoms with van der Waals surface area (Å²) < 4.78 is 5.37. The molecule has 0 atom stereocenters. The van der Waals surface area contributed by atoms with E-state index in [-0.39, 0.29) is 11.7 Å². The lowest BCUT2D eigenvalue weighted by Gasteiger charge is -2.31. The number of anilines is 2. The van der Waals surface area contributed by atoms with Crippen LogP contribution in [-0.4, -0.2) is 53.4 Å². The summed E-state index contributed by atoms with van der Waals surface area (Å²) in [5, 5.41) is 14.4. The largest absolute Gasteiger partial charge is 0.378 e. The second-order valence-electron chi connectivity index (χ2n) is 4.88. The first kappa shape index (κ1) is 16.1. The fraction of sp³-hybridized carbons (Fsp3) is 0.357. The lowest BCUT2D eigenvalue weighted by molar-refractivity contribution is -0.113. The molecule has 7 nitrogen and oxygen atoms in total. The van der Waals surface area contributed by atoms with Crippen LogP contribution in [0.25, 0.3) is 0 Å². The monoisotopic (exact) mass is 353 g/mol. The van der Waals surface area contributed by atoms with Gasteiger partial charge in [-0.1, -0.05) is 29.4 Å². The van der Waals surface area contributed by atoms with Crippen LogP contribution in [0.2, 0.25) is 5.02 Å². The Morgan fingerprint density at radius 3 is 3.00 bits per heavy atom. The Morgan fingerprint density at radius 2 is 2.26 bits per heavy atom. The molecule has 9 heteroatoms. The fourth-order valence-corrected chi connectivity index (χ4v) is 3.19. The summed E-state index contributed by atoms with van der Waals surface area (Å²) in [5.41, 5.74) is 1.56. The summed E-state index contributed by atoms with van der Waals surface area (Å²) in [5.74, 6) is 0.136. The first-order valence-corrected chi connectivity index (χ1v) is 8.50. The molecule has 1 saturated heterocycles. The van der Waals surface area contributed by atoms with Crippen molar-refractivity contribution in [2.75, 3.05) is 42.3 Å². The second-order valence-corrected chi connectivity index (χ2v) is 6.28. The van der Waals surface area contributed by atoms with E-state index >= 15 is 0 Å². The van der Waals surface area contributed by atoms with Gasteiger partial charge in [0.1, 0.15) is 5.03 Å². The number of rotatable bonds is 5. The topological polar surface area (TPSA) is 83.1 Å². The number of carbonyl (C=O) groups is 1. The standard InChI is InChI=1S/C14H16ClN5O2S/c15-10-2-1-3-11(14(10)20-4-6-22-7-5-20)17-12(21)9-23-13-8-16-19-18-13/h1-3,8H,4-7,9H2,(H,17,21)(H,16,18,19). The summed E-state index contributed by atoms with van der Waals surface area (Å²) >= 11 is 7.66. The number of benzene rings is 1. The third-order valence-corrected chi connectivity index (χ3v) is 4.54. The predicted molar refractivity (Wildman–Crippen MR) is 90.2 cm³/mol. The smallest absolute Gasteiger partial charge is 0.234 e. The first-order valence-electron chi connectivity index (χ1n) is 7.13. The minimum Gasteiger partial charge on any atom is -0.378 e. The minimum absolute atomic E-state index is 0.116. The number of hydrogen-bond acceptors (Lipinski definition) is 6. The van der Waals surface area contributed by atoms with Gasteiger partial charge in [0.2, 0.25) is 5.91 Å². The number of morpholine rings is 1. The third kappa shape index (κ3) is 4.15. The number of ether oxygens (including phenoxy) is 1. The maximum atomic E-state index is 12.2. The van der Waals surface area contributed by atoms with Crippen molar-refractivity contribution in [2.45, 2.75) is 5.03 Å². The second kappa shape index (κ2) is 7.67. The molecule has 3 rings (SSSR count). The Bertz CT molecular complexity index is 661. The van der Waals surface area contributed by atoms with Crippen molar-refractivity contribution in [3.05, 3.63) is 29.4 Å². The molecular weight excluding hydrogens is 338 g/mol. The van der Waals surface area contributed by atoms with Crippen molar-refractivity contribution in [3.63, 3.8) is 0 Å². The fourth-order valence-electron chi connectivity index (χ4n) is 2.31. The lowest BCUT2D eigenvalue weighted by atomic mass is 10.2. The van der Waals surface area contributed by atoms with Gasteiger partial charge in [0.25, 0.3) is 0 Å². The Kier molecular flexibility index (Phi) is 5.37. The minimum atomic E-state index is -0.116. The van der Waals surface area contributed by atoms with Gasteiger partial charge >= 0.3 is 0 Å². The molecule has 0 aliphatic carbocycles. The van der Waals surface area contributed by atoms with Crippen LogP contribution in [0.1, 0.15) is 0 Å². The highest BCUT2D eigenvalue weighted by Crippen LogP contribution is 2.34. The van der Waals surface area contributed by atoms with Gasteiger partial charge in [-0.05, 0) is 12.1 Å². The molecule has 1 fully saturated rings. The van der Waals surface area contributed by atoms with E-state index in [1.54, 1.807) is 6.20 Å². The number of para-hydroxylation sites is 1. The molecule has 0 bridgehead atoms. The van der Waals surface area contributed by atoms with E-state index in [1.807, 2.05) is 18.2 Å². The van der Waals surface area contributed by atoms with E-state index in [1.165, 1.54) is 11.8 Å². The average Bonchev–Trinajstić information content (AvgIpc) is 3.07. The molecule has 1 aliphatic rings. The van der Waals surface area contributed by atoms with Gasteiger partial charge in [-0.2, -0.15) is 10.3 Å². The Morgan fingerprint density at radius 1 is 1.43 bits per heavy atom. The number of hydrogen-bond donors (Lipinski definition) is 2. The number of halogens is 1. The molecule has 2 aromatic rings. The van der Waals surface area contributed by atoms with Crippen molar-refractivity contribution < 1.29 is 9.53 Å². The Hall–Kier alpha value is -1.77. The molecule has 122 valence electrons. The zero-order valence-electron chi connectivity index (χ0n) is 12.3. The zero-order valence-corrected chi connectivity index (χ0v) is 13.9. The van der Waals surface area contributed by atoms with Gasteiger partial charge in [0.05, 0.1) is 41.6 Å². The van der Waals surface area contributed by atoms with Gasteiger partial charge in [-0.3, -0.25) is 4.79 Å². The quantitative estimate of drug-likeness (QED) is 0.800. The molecule has 2 N–H and O–H groups in total. The Labute approximate surface area is 142 Å². The summed E-state index contributed by atoms with van der Waals surface area (Å²) in [6.45, 7) is 2.81. The number of H-pyrrole nitrogens is 1. The maximum absolute atomic E-state index is 12.2. The highest BCUT2D eigenvalue weighted by molar-refractivity contribution is 7.99. The molecule has 1 aromatic carbocycles. The number of thioether (sulfide) groups is 1. The predicted octanol–water partition coefficient (Wildman–Crippen LogP) is 2.03. The number of nitrogens with one attached hydrogen (secondary N) is 2. The van der Waals surface area contributed by atoms with E-state index < -0.39 is 0 Å². The van der Waals surface area contributed by atoms with Crippen molar-refractivity contribution >= 4 is 40.6 Å². The van der Waals surface area contributed by atoms with Crippen LogP contribution in [0, 0.1) is 0 Å². The molecule has 0 spiro atoms. The Balaban J connectivity index is 1.69. The molecule has 1 aromatic heterocycles. The third-order valence-electron chi connectivity index (χ3n) is 3.33. The van der Waals surface area contributed by atoms with Crippen LogP contribution >= 0.6 is 23.4 Å². The summed E-state index contributed by atoms with van der Waals surface area (Å²) in [6, 6.07) is 5.51. The maximum Gasteiger partial charge on any atom is 0.234 e. The first-order chi connectivity index (χ1) is 11.2.